The normalized spacial score (nSPS) is 12.2. The predicted molar refractivity (Wildman–Crippen MR) is 85.9 cm³/mol. The summed E-state index contributed by atoms with van der Waals surface area (Å²) >= 11 is 3.52. The minimum atomic E-state index is 0.0780. The number of halogens is 1. The van der Waals surface area contributed by atoms with Crippen LogP contribution in [0.15, 0.2) is 46.9 Å². The van der Waals surface area contributed by atoms with Gasteiger partial charge in [0, 0.05) is 16.6 Å². The molecule has 0 aliphatic rings. The van der Waals surface area contributed by atoms with Crippen LogP contribution in [0.1, 0.15) is 22.7 Å². The van der Waals surface area contributed by atoms with Crippen LogP contribution in [-0.2, 0) is 6.54 Å². The van der Waals surface area contributed by atoms with Gasteiger partial charge in [-0.3, -0.25) is 0 Å². The van der Waals surface area contributed by atoms with Gasteiger partial charge in [-0.2, -0.15) is 0 Å². The van der Waals surface area contributed by atoms with E-state index < -0.39 is 0 Å². The first kappa shape index (κ1) is 15.0. The molecule has 0 radical (unpaired) electrons. The van der Waals surface area contributed by atoms with E-state index in [1.54, 1.807) is 7.11 Å². The summed E-state index contributed by atoms with van der Waals surface area (Å²) < 4.78 is 6.50. The van der Waals surface area contributed by atoms with E-state index in [4.69, 9.17) is 10.5 Å². The number of benzene rings is 2. The molecule has 1 atom stereocenters. The fourth-order valence-corrected chi connectivity index (χ4v) is 2.66. The summed E-state index contributed by atoms with van der Waals surface area (Å²) in [5.74, 6) is 0.871. The molecule has 3 nitrogen and oxygen atoms in total. The highest BCUT2D eigenvalue weighted by Crippen LogP contribution is 2.32. The number of ether oxygens (including phenoxy) is 1. The molecule has 2 rings (SSSR count). The quantitative estimate of drug-likeness (QED) is 0.882. The molecule has 0 heterocycles. The van der Waals surface area contributed by atoms with E-state index in [2.05, 4.69) is 51.6 Å². The lowest BCUT2D eigenvalue weighted by Gasteiger charge is -2.20. The number of rotatable bonds is 5. The van der Waals surface area contributed by atoms with Gasteiger partial charge in [0.2, 0.25) is 0 Å². The van der Waals surface area contributed by atoms with Crippen molar-refractivity contribution in [1.82, 2.24) is 5.32 Å². The molecule has 0 saturated carbocycles. The monoisotopic (exact) mass is 334 g/mol. The Kier molecular flexibility index (Phi) is 5.17. The van der Waals surface area contributed by atoms with Crippen molar-refractivity contribution >= 4 is 15.9 Å². The fraction of sp³-hybridized carbons (Fsp3) is 0.250. The Balaban J connectivity index is 2.43. The molecule has 3 N–H and O–H groups in total. The lowest BCUT2D eigenvalue weighted by molar-refractivity contribution is 0.405. The second-order valence-corrected chi connectivity index (χ2v) is 5.47. The minimum absolute atomic E-state index is 0.0780. The SMILES string of the molecule is CNC(c1ccc(CN)cc1)c1cc(Br)ccc1OC. The molecule has 4 heteroatoms. The molecule has 2 aromatic rings. The van der Waals surface area contributed by atoms with Crippen LogP contribution >= 0.6 is 15.9 Å². The smallest absolute Gasteiger partial charge is 0.124 e. The minimum Gasteiger partial charge on any atom is -0.496 e. The Morgan fingerprint density at radius 3 is 2.45 bits per heavy atom. The molecule has 0 fully saturated rings. The first-order valence-electron chi connectivity index (χ1n) is 6.49. The Morgan fingerprint density at radius 1 is 1.20 bits per heavy atom. The van der Waals surface area contributed by atoms with Crippen LogP contribution in [-0.4, -0.2) is 14.2 Å². The van der Waals surface area contributed by atoms with Gasteiger partial charge < -0.3 is 15.8 Å². The number of methoxy groups -OCH3 is 1. The molecular formula is C16H19BrN2O. The van der Waals surface area contributed by atoms with E-state index in [1.807, 2.05) is 19.2 Å². The van der Waals surface area contributed by atoms with Crippen molar-refractivity contribution in [3.05, 3.63) is 63.6 Å². The summed E-state index contributed by atoms with van der Waals surface area (Å²) in [6.07, 6.45) is 0. The number of nitrogens with two attached hydrogens (primary N) is 1. The zero-order valence-electron chi connectivity index (χ0n) is 11.7. The first-order valence-corrected chi connectivity index (χ1v) is 7.28. The van der Waals surface area contributed by atoms with Crippen LogP contribution in [0.25, 0.3) is 0 Å². The molecule has 0 saturated heterocycles. The van der Waals surface area contributed by atoms with Gasteiger partial charge in [-0.25, -0.2) is 0 Å². The first-order chi connectivity index (χ1) is 9.69. The lowest BCUT2D eigenvalue weighted by Crippen LogP contribution is -2.18. The van der Waals surface area contributed by atoms with Gasteiger partial charge in [-0.15, -0.1) is 0 Å². The third kappa shape index (κ3) is 3.20. The molecule has 106 valence electrons. The number of hydrogen-bond donors (Lipinski definition) is 2. The molecule has 20 heavy (non-hydrogen) atoms. The van der Waals surface area contributed by atoms with Crippen LogP contribution < -0.4 is 15.8 Å². The van der Waals surface area contributed by atoms with Crippen molar-refractivity contribution in [2.75, 3.05) is 14.2 Å². The fourth-order valence-electron chi connectivity index (χ4n) is 2.28. The van der Waals surface area contributed by atoms with Gasteiger partial charge in [-0.05, 0) is 36.4 Å². The molecule has 1 unspecified atom stereocenters. The molecule has 0 aliphatic heterocycles. The maximum atomic E-state index is 5.64. The summed E-state index contributed by atoms with van der Waals surface area (Å²) in [5, 5.41) is 3.34. The molecule has 0 aliphatic carbocycles. The summed E-state index contributed by atoms with van der Waals surface area (Å²) in [7, 11) is 3.64. The van der Waals surface area contributed by atoms with Gasteiger partial charge in [0.25, 0.3) is 0 Å². The van der Waals surface area contributed by atoms with Crippen LogP contribution in [0.3, 0.4) is 0 Å². The largest absolute Gasteiger partial charge is 0.496 e. The van der Waals surface area contributed by atoms with Gasteiger partial charge in [0.1, 0.15) is 5.75 Å². The predicted octanol–water partition coefficient (Wildman–Crippen LogP) is 3.23. The molecule has 0 spiro atoms. The standard InChI is InChI=1S/C16H19BrN2O/c1-19-16(12-5-3-11(10-18)4-6-12)14-9-13(17)7-8-15(14)20-2/h3-9,16,19H,10,18H2,1-2H3. The van der Waals surface area contributed by atoms with Gasteiger partial charge in [0.05, 0.1) is 13.2 Å². The molecule has 0 bridgehead atoms. The Hall–Kier alpha value is -1.36. The summed E-state index contributed by atoms with van der Waals surface area (Å²) in [6, 6.07) is 14.4. The summed E-state index contributed by atoms with van der Waals surface area (Å²) in [5.41, 5.74) is 9.06. The van der Waals surface area contributed by atoms with Crippen molar-refractivity contribution in [2.45, 2.75) is 12.6 Å². The molecule has 0 aromatic heterocycles. The Labute approximate surface area is 128 Å². The van der Waals surface area contributed by atoms with E-state index >= 15 is 0 Å². The highest BCUT2D eigenvalue weighted by molar-refractivity contribution is 9.10. The molecular weight excluding hydrogens is 316 g/mol. The van der Waals surface area contributed by atoms with Gasteiger partial charge >= 0.3 is 0 Å². The number of hydrogen-bond acceptors (Lipinski definition) is 3. The van der Waals surface area contributed by atoms with E-state index in [9.17, 15) is 0 Å². The highest BCUT2D eigenvalue weighted by atomic mass is 79.9. The van der Waals surface area contributed by atoms with Crippen LogP contribution in [0.5, 0.6) is 5.75 Å². The third-order valence-electron chi connectivity index (χ3n) is 3.34. The topological polar surface area (TPSA) is 47.3 Å². The maximum Gasteiger partial charge on any atom is 0.124 e. The number of nitrogens with one attached hydrogen (secondary N) is 1. The average Bonchev–Trinajstić information content (AvgIpc) is 2.49. The average molecular weight is 335 g/mol. The van der Waals surface area contributed by atoms with Crippen LogP contribution in [0.2, 0.25) is 0 Å². The van der Waals surface area contributed by atoms with E-state index in [0.29, 0.717) is 6.54 Å². The van der Waals surface area contributed by atoms with Crippen molar-refractivity contribution in [3.8, 4) is 5.75 Å². The summed E-state index contributed by atoms with van der Waals surface area (Å²) in [6.45, 7) is 0.560. The van der Waals surface area contributed by atoms with E-state index in [1.165, 1.54) is 5.56 Å². The second-order valence-electron chi connectivity index (χ2n) is 4.55. The summed E-state index contributed by atoms with van der Waals surface area (Å²) in [4.78, 5) is 0. The van der Waals surface area contributed by atoms with Crippen LogP contribution in [0, 0.1) is 0 Å². The van der Waals surface area contributed by atoms with Crippen molar-refractivity contribution < 1.29 is 4.74 Å². The zero-order valence-corrected chi connectivity index (χ0v) is 13.3. The van der Waals surface area contributed by atoms with Gasteiger partial charge in [0.15, 0.2) is 0 Å². The van der Waals surface area contributed by atoms with Crippen molar-refractivity contribution in [3.63, 3.8) is 0 Å². The second kappa shape index (κ2) is 6.88. The van der Waals surface area contributed by atoms with Crippen molar-refractivity contribution in [1.29, 1.82) is 0 Å². The Bertz CT molecular complexity index is 569. The van der Waals surface area contributed by atoms with Crippen LogP contribution in [0.4, 0.5) is 0 Å². The Morgan fingerprint density at radius 2 is 1.90 bits per heavy atom. The molecule has 0 amide bonds. The van der Waals surface area contributed by atoms with Crippen molar-refractivity contribution in [2.24, 2.45) is 5.73 Å². The zero-order chi connectivity index (χ0) is 14.5. The highest BCUT2D eigenvalue weighted by Gasteiger charge is 2.16. The lowest BCUT2D eigenvalue weighted by atomic mass is 9.97. The maximum absolute atomic E-state index is 5.64. The van der Waals surface area contributed by atoms with E-state index in [0.717, 1.165) is 21.3 Å². The molecule has 2 aromatic carbocycles. The van der Waals surface area contributed by atoms with E-state index in [-0.39, 0.29) is 6.04 Å². The third-order valence-corrected chi connectivity index (χ3v) is 3.83. The van der Waals surface area contributed by atoms with Gasteiger partial charge in [-0.1, -0.05) is 40.2 Å².